The van der Waals surface area contributed by atoms with Crippen LogP contribution in [0.2, 0.25) is 0 Å². The lowest BCUT2D eigenvalue weighted by molar-refractivity contribution is -0.211. The van der Waals surface area contributed by atoms with Gasteiger partial charge in [0, 0.05) is 0 Å². The zero-order valence-electron chi connectivity index (χ0n) is 9.76. The Morgan fingerprint density at radius 3 is 2.05 bits per heavy atom. The Labute approximate surface area is 110 Å². The molecule has 98 valence electrons. The minimum atomic E-state index is -4.74. The minimum Gasteiger partial charge on any atom is -0.736 e. The third kappa shape index (κ3) is 3.95. The molecule has 0 radical (unpaired) electrons. The van der Waals surface area contributed by atoms with Crippen molar-refractivity contribution in [2.24, 2.45) is 0 Å². The number of phosphoric ester groups is 1. The van der Waals surface area contributed by atoms with Crippen LogP contribution in [0, 0.1) is 0 Å². The van der Waals surface area contributed by atoms with Crippen molar-refractivity contribution in [1.29, 1.82) is 0 Å². The molecular formula is C13H10O5P-. The molecule has 0 saturated carbocycles. The van der Waals surface area contributed by atoms with Gasteiger partial charge in [0.2, 0.25) is 0 Å². The largest absolute Gasteiger partial charge is 0.736 e. The number of para-hydroxylation sites is 1. The van der Waals surface area contributed by atoms with E-state index in [4.69, 9.17) is 0 Å². The summed E-state index contributed by atoms with van der Waals surface area (Å²) >= 11 is 0. The molecule has 5 nitrogen and oxygen atoms in total. The summed E-state index contributed by atoms with van der Waals surface area (Å²) in [6.45, 7) is 0. The molecular weight excluding hydrogens is 267 g/mol. The topological polar surface area (TPSA) is 75.7 Å². The summed E-state index contributed by atoms with van der Waals surface area (Å²) < 4.78 is 20.6. The van der Waals surface area contributed by atoms with Gasteiger partial charge in [0.1, 0.15) is 5.75 Å². The molecule has 0 amide bonds. The van der Waals surface area contributed by atoms with Gasteiger partial charge in [0.25, 0.3) is 0 Å². The van der Waals surface area contributed by atoms with Crippen LogP contribution in [0.25, 0.3) is 0 Å². The molecule has 2 aromatic carbocycles. The smallest absolute Gasteiger partial charge is 0.374 e. The Hall–Kier alpha value is -2.10. The van der Waals surface area contributed by atoms with Gasteiger partial charge in [-0.05, 0) is 24.3 Å². The molecule has 0 aliphatic rings. The first-order valence-electron chi connectivity index (χ1n) is 5.41. The molecule has 0 saturated heterocycles. The Kier molecular flexibility index (Phi) is 4.00. The number of rotatable bonds is 4. The second kappa shape index (κ2) is 5.69. The second-order valence-corrected chi connectivity index (χ2v) is 4.86. The van der Waals surface area contributed by atoms with Crippen molar-refractivity contribution < 1.29 is 23.3 Å². The molecule has 0 aliphatic carbocycles. The van der Waals surface area contributed by atoms with Gasteiger partial charge >= 0.3 is 13.8 Å². The number of hydrogen-bond donors (Lipinski definition) is 0. The summed E-state index contributed by atoms with van der Waals surface area (Å²) in [5.74, 6) is -0.892. The highest BCUT2D eigenvalue weighted by Gasteiger charge is 2.18. The van der Waals surface area contributed by atoms with Crippen LogP contribution >= 0.6 is 7.82 Å². The van der Waals surface area contributed by atoms with Crippen molar-refractivity contribution in [1.82, 2.24) is 0 Å². The first-order valence-corrected chi connectivity index (χ1v) is 6.87. The van der Waals surface area contributed by atoms with Gasteiger partial charge < -0.3 is 13.9 Å². The molecule has 0 bridgehead atoms. The maximum atomic E-state index is 11.6. The van der Waals surface area contributed by atoms with E-state index in [0.717, 1.165) is 0 Å². The average Bonchev–Trinajstić information content (AvgIpc) is 2.39. The molecule has 19 heavy (non-hydrogen) atoms. The van der Waals surface area contributed by atoms with E-state index in [1.807, 2.05) is 0 Å². The van der Waals surface area contributed by atoms with Crippen LogP contribution in [0.4, 0.5) is 0 Å². The highest BCUT2D eigenvalue weighted by Crippen LogP contribution is 2.40. The summed E-state index contributed by atoms with van der Waals surface area (Å²) in [6.07, 6.45) is 0. The highest BCUT2D eigenvalue weighted by molar-refractivity contribution is 7.47. The minimum absolute atomic E-state index is 0.0849. The molecule has 6 heteroatoms. The lowest BCUT2D eigenvalue weighted by Crippen LogP contribution is -2.15. The third-order valence-electron chi connectivity index (χ3n) is 2.16. The molecule has 1 atom stereocenters. The first-order chi connectivity index (χ1) is 9.07. The van der Waals surface area contributed by atoms with Gasteiger partial charge in [-0.3, -0.25) is 0 Å². The number of carbonyl (C=O) groups excluding carboxylic acids is 1. The fourth-order valence-electron chi connectivity index (χ4n) is 1.36. The number of carbonyl (C=O) groups is 1. The highest BCUT2D eigenvalue weighted by atomic mass is 31.2. The predicted octanol–water partition coefficient (Wildman–Crippen LogP) is 2.39. The Balaban J connectivity index is 2.06. The van der Waals surface area contributed by atoms with Crippen molar-refractivity contribution >= 4 is 13.8 Å². The first kappa shape index (κ1) is 13.3. The molecule has 0 N–H and O–H groups in total. The summed E-state index contributed by atoms with van der Waals surface area (Å²) in [5.41, 5.74) is 0.134. The fraction of sp³-hybridized carbons (Fsp3) is 0. The lowest BCUT2D eigenvalue weighted by Gasteiger charge is -2.22. The number of benzene rings is 2. The van der Waals surface area contributed by atoms with E-state index >= 15 is 0 Å². The second-order valence-electron chi connectivity index (χ2n) is 3.60. The number of hydrogen-bond acceptors (Lipinski definition) is 5. The van der Waals surface area contributed by atoms with Crippen LogP contribution in [-0.4, -0.2) is 5.97 Å². The van der Waals surface area contributed by atoms with Gasteiger partial charge in [-0.2, -0.15) is 0 Å². The zero-order chi connectivity index (χ0) is 13.7. The van der Waals surface area contributed by atoms with Crippen LogP contribution < -0.4 is 9.42 Å². The van der Waals surface area contributed by atoms with E-state index in [1.165, 1.54) is 24.3 Å². The van der Waals surface area contributed by atoms with E-state index < -0.39 is 13.8 Å². The zero-order valence-corrected chi connectivity index (χ0v) is 10.7. The van der Waals surface area contributed by atoms with Crippen molar-refractivity contribution in [3.63, 3.8) is 0 Å². The standard InChI is InChI=1S/C13H11O5P/c14-13(11-7-3-1-4-8-11)18-19(15,16)17-12-9-5-2-6-10-12/h1-10H,(H,15,16)/p-1. The molecule has 0 heterocycles. The van der Waals surface area contributed by atoms with E-state index in [1.54, 1.807) is 36.4 Å². The maximum absolute atomic E-state index is 11.6. The SMILES string of the molecule is O=C(OP(=O)([O-])Oc1ccccc1)c1ccccc1. The van der Waals surface area contributed by atoms with Crippen molar-refractivity contribution in [2.45, 2.75) is 0 Å². The van der Waals surface area contributed by atoms with Crippen molar-refractivity contribution in [3.05, 3.63) is 66.2 Å². The fourth-order valence-corrected chi connectivity index (χ4v) is 2.08. The predicted molar refractivity (Wildman–Crippen MR) is 66.5 cm³/mol. The monoisotopic (exact) mass is 277 g/mol. The molecule has 2 aromatic rings. The molecule has 0 spiro atoms. The van der Waals surface area contributed by atoms with Crippen LogP contribution in [0.1, 0.15) is 10.4 Å². The van der Waals surface area contributed by atoms with E-state index in [0.29, 0.717) is 0 Å². The lowest BCUT2D eigenvalue weighted by atomic mass is 10.2. The molecule has 2 rings (SSSR count). The van der Waals surface area contributed by atoms with Crippen LogP contribution in [0.5, 0.6) is 5.75 Å². The number of phosphoric acid groups is 1. The summed E-state index contributed by atoms with van der Waals surface area (Å²) in [6, 6.07) is 15.6. The molecule has 0 fully saturated rings. The van der Waals surface area contributed by atoms with Crippen molar-refractivity contribution in [2.75, 3.05) is 0 Å². The maximum Gasteiger partial charge on any atom is 0.374 e. The van der Waals surface area contributed by atoms with Crippen LogP contribution in [0.3, 0.4) is 0 Å². The summed E-state index contributed by atoms with van der Waals surface area (Å²) in [7, 11) is -4.74. The average molecular weight is 277 g/mol. The summed E-state index contributed by atoms with van der Waals surface area (Å²) in [4.78, 5) is 23.1. The molecule has 1 unspecified atom stereocenters. The van der Waals surface area contributed by atoms with Gasteiger partial charge in [0.05, 0.1) is 5.56 Å². The van der Waals surface area contributed by atoms with Gasteiger partial charge in [-0.15, -0.1) is 0 Å². The Morgan fingerprint density at radius 2 is 1.47 bits per heavy atom. The quantitative estimate of drug-likeness (QED) is 0.802. The van der Waals surface area contributed by atoms with E-state index in [2.05, 4.69) is 9.05 Å². The Bertz CT molecular complexity index is 597. The molecule has 0 aliphatic heterocycles. The molecule has 0 aromatic heterocycles. The van der Waals surface area contributed by atoms with Crippen LogP contribution in [0.15, 0.2) is 60.7 Å². The van der Waals surface area contributed by atoms with E-state index in [-0.39, 0.29) is 11.3 Å². The van der Waals surface area contributed by atoms with Gasteiger partial charge in [-0.1, -0.05) is 36.4 Å². The van der Waals surface area contributed by atoms with Gasteiger partial charge in [-0.25, -0.2) is 9.36 Å². The van der Waals surface area contributed by atoms with E-state index in [9.17, 15) is 14.3 Å². The van der Waals surface area contributed by atoms with Crippen LogP contribution in [-0.2, 0) is 9.09 Å². The normalized spacial score (nSPS) is 13.3. The summed E-state index contributed by atoms with van der Waals surface area (Å²) in [5, 5.41) is 0. The van der Waals surface area contributed by atoms with Crippen molar-refractivity contribution in [3.8, 4) is 5.75 Å². The van der Waals surface area contributed by atoms with Gasteiger partial charge in [0.15, 0.2) is 0 Å². The third-order valence-corrected chi connectivity index (χ3v) is 2.99. The Morgan fingerprint density at radius 1 is 0.947 bits per heavy atom.